The number of rotatable bonds is 4. The lowest BCUT2D eigenvalue weighted by atomic mass is 10.2. The number of benzene rings is 1. The van der Waals surface area contributed by atoms with E-state index in [1.807, 2.05) is 16.8 Å². The Labute approximate surface area is 107 Å². The van der Waals surface area contributed by atoms with Crippen molar-refractivity contribution in [3.8, 4) is 0 Å². The number of nitrogens with one attached hydrogen (secondary N) is 1. The first-order valence-corrected chi connectivity index (χ1v) is 6.18. The molecule has 2 aromatic rings. The van der Waals surface area contributed by atoms with Gasteiger partial charge in [0.1, 0.15) is 10.7 Å². The van der Waals surface area contributed by atoms with E-state index in [0.29, 0.717) is 12.2 Å². The zero-order chi connectivity index (χ0) is 12.3. The van der Waals surface area contributed by atoms with E-state index >= 15 is 0 Å². The minimum Gasteiger partial charge on any atom is -0.375 e. The van der Waals surface area contributed by atoms with Gasteiger partial charge in [0, 0.05) is 6.54 Å². The molecule has 0 saturated heterocycles. The van der Waals surface area contributed by atoms with Crippen molar-refractivity contribution < 1.29 is 4.92 Å². The van der Waals surface area contributed by atoms with Crippen molar-refractivity contribution in [1.82, 2.24) is 0 Å². The molecule has 1 N–H and O–H groups in total. The molecular weight excluding hydrogens is 260 g/mol. The zero-order valence-electron chi connectivity index (χ0n) is 8.72. The summed E-state index contributed by atoms with van der Waals surface area (Å²) in [5.74, 6) is 0. The molecule has 1 aromatic carbocycles. The number of anilines is 1. The third-order valence-corrected chi connectivity index (χ3v) is 3.27. The van der Waals surface area contributed by atoms with Gasteiger partial charge in [0.2, 0.25) is 0 Å². The van der Waals surface area contributed by atoms with Crippen LogP contribution in [0, 0.1) is 10.1 Å². The van der Waals surface area contributed by atoms with Gasteiger partial charge in [-0.25, -0.2) is 0 Å². The van der Waals surface area contributed by atoms with Gasteiger partial charge < -0.3 is 5.32 Å². The Balaban J connectivity index is 2.21. The smallest absolute Gasteiger partial charge is 0.310 e. The third kappa shape index (κ3) is 2.75. The maximum atomic E-state index is 10.9. The SMILES string of the molecule is O=[N+]([O-])c1c(Cl)cccc1NCc1ccsc1. The summed E-state index contributed by atoms with van der Waals surface area (Å²) in [4.78, 5) is 10.4. The first-order valence-electron chi connectivity index (χ1n) is 4.86. The Morgan fingerprint density at radius 3 is 2.88 bits per heavy atom. The maximum Gasteiger partial charge on any atom is 0.310 e. The molecule has 0 amide bonds. The predicted molar refractivity (Wildman–Crippen MR) is 69.8 cm³/mol. The Morgan fingerprint density at radius 1 is 1.41 bits per heavy atom. The van der Waals surface area contributed by atoms with Gasteiger partial charge in [0.15, 0.2) is 0 Å². The Bertz CT molecular complexity index is 528. The second-order valence-corrected chi connectivity index (χ2v) is 4.57. The lowest BCUT2D eigenvalue weighted by Crippen LogP contribution is -2.02. The van der Waals surface area contributed by atoms with Crippen LogP contribution in [0.3, 0.4) is 0 Å². The molecule has 88 valence electrons. The van der Waals surface area contributed by atoms with Crippen molar-refractivity contribution in [1.29, 1.82) is 0 Å². The fourth-order valence-electron chi connectivity index (χ4n) is 1.43. The van der Waals surface area contributed by atoms with Crippen LogP contribution in [-0.2, 0) is 6.54 Å². The van der Waals surface area contributed by atoms with E-state index in [9.17, 15) is 10.1 Å². The molecule has 0 bridgehead atoms. The van der Waals surface area contributed by atoms with Gasteiger partial charge in [0.25, 0.3) is 0 Å². The molecule has 0 fully saturated rings. The first-order chi connectivity index (χ1) is 8.18. The minimum absolute atomic E-state index is 0.0793. The van der Waals surface area contributed by atoms with E-state index in [1.54, 1.807) is 23.5 Å². The fraction of sp³-hybridized carbons (Fsp3) is 0.0909. The summed E-state index contributed by atoms with van der Waals surface area (Å²) in [6, 6.07) is 6.81. The summed E-state index contributed by atoms with van der Waals surface area (Å²) in [6.45, 7) is 0.546. The molecule has 1 aromatic heterocycles. The van der Waals surface area contributed by atoms with Gasteiger partial charge >= 0.3 is 5.69 Å². The normalized spacial score (nSPS) is 10.2. The van der Waals surface area contributed by atoms with Crippen LogP contribution in [0.25, 0.3) is 0 Å². The molecule has 17 heavy (non-hydrogen) atoms. The van der Waals surface area contributed by atoms with Crippen LogP contribution in [0.4, 0.5) is 11.4 Å². The number of hydrogen-bond acceptors (Lipinski definition) is 4. The maximum absolute atomic E-state index is 10.9. The van der Waals surface area contributed by atoms with Crippen molar-refractivity contribution in [2.45, 2.75) is 6.54 Å². The summed E-state index contributed by atoms with van der Waals surface area (Å²) in [7, 11) is 0. The van der Waals surface area contributed by atoms with Crippen molar-refractivity contribution in [2.75, 3.05) is 5.32 Å². The van der Waals surface area contributed by atoms with Crippen LogP contribution in [0.2, 0.25) is 5.02 Å². The van der Waals surface area contributed by atoms with E-state index < -0.39 is 4.92 Å². The van der Waals surface area contributed by atoms with E-state index in [-0.39, 0.29) is 10.7 Å². The second-order valence-electron chi connectivity index (χ2n) is 3.38. The van der Waals surface area contributed by atoms with Crippen molar-refractivity contribution in [2.24, 2.45) is 0 Å². The van der Waals surface area contributed by atoms with Crippen molar-refractivity contribution >= 4 is 34.3 Å². The Kier molecular flexibility index (Phi) is 3.61. The van der Waals surface area contributed by atoms with Crippen LogP contribution in [-0.4, -0.2) is 4.92 Å². The van der Waals surface area contributed by atoms with Gasteiger partial charge in [0.05, 0.1) is 4.92 Å². The van der Waals surface area contributed by atoms with E-state index in [4.69, 9.17) is 11.6 Å². The summed E-state index contributed by atoms with van der Waals surface area (Å²) in [5, 5.41) is 18.0. The molecule has 4 nitrogen and oxygen atoms in total. The molecule has 0 spiro atoms. The van der Waals surface area contributed by atoms with Gasteiger partial charge in [-0.2, -0.15) is 11.3 Å². The van der Waals surface area contributed by atoms with Gasteiger partial charge in [-0.1, -0.05) is 17.7 Å². The van der Waals surface area contributed by atoms with E-state index in [1.165, 1.54) is 6.07 Å². The van der Waals surface area contributed by atoms with Crippen LogP contribution in [0.1, 0.15) is 5.56 Å². The highest BCUT2D eigenvalue weighted by atomic mass is 35.5. The highest BCUT2D eigenvalue weighted by Gasteiger charge is 2.17. The standard InChI is InChI=1S/C11H9ClN2O2S/c12-9-2-1-3-10(11(9)14(15)16)13-6-8-4-5-17-7-8/h1-5,7,13H,6H2. The van der Waals surface area contributed by atoms with Crippen LogP contribution in [0.5, 0.6) is 0 Å². The molecule has 0 unspecified atom stereocenters. The van der Waals surface area contributed by atoms with Crippen molar-refractivity contribution in [3.63, 3.8) is 0 Å². The topological polar surface area (TPSA) is 55.2 Å². The number of nitro benzene ring substituents is 1. The number of nitro groups is 1. The van der Waals surface area contributed by atoms with Gasteiger partial charge in [-0.05, 0) is 34.5 Å². The second kappa shape index (κ2) is 5.16. The molecule has 1 heterocycles. The highest BCUT2D eigenvalue weighted by Crippen LogP contribution is 2.32. The summed E-state index contributed by atoms with van der Waals surface area (Å²) in [6.07, 6.45) is 0. The molecule has 0 aliphatic carbocycles. The monoisotopic (exact) mass is 268 g/mol. The quantitative estimate of drug-likeness (QED) is 0.675. The largest absolute Gasteiger partial charge is 0.375 e. The van der Waals surface area contributed by atoms with Crippen molar-refractivity contribution in [3.05, 3.63) is 55.7 Å². The number of halogens is 1. The zero-order valence-corrected chi connectivity index (χ0v) is 10.3. The van der Waals surface area contributed by atoms with E-state index in [2.05, 4.69) is 5.32 Å². The molecule has 6 heteroatoms. The number of thiophene rings is 1. The molecule has 0 saturated carbocycles. The summed E-state index contributed by atoms with van der Waals surface area (Å²) in [5.41, 5.74) is 1.45. The molecule has 0 atom stereocenters. The average Bonchev–Trinajstić information content (AvgIpc) is 2.78. The summed E-state index contributed by atoms with van der Waals surface area (Å²) >= 11 is 7.39. The average molecular weight is 269 g/mol. The molecule has 0 radical (unpaired) electrons. The number of nitrogens with zero attached hydrogens (tertiary/aromatic N) is 1. The Morgan fingerprint density at radius 2 is 2.24 bits per heavy atom. The molecule has 0 aliphatic heterocycles. The molecule has 2 rings (SSSR count). The van der Waals surface area contributed by atoms with E-state index in [0.717, 1.165) is 5.56 Å². The fourth-order valence-corrected chi connectivity index (χ4v) is 2.35. The number of para-hydroxylation sites is 1. The van der Waals surface area contributed by atoms with Gasteiger partial charge in [-0.15, -0.1) is 0 Å². The minimum atomic E-state index is -0.474. The first kappa shape index (κ1) is 11.9. The third-order valence-electron chi connectivity index (χ3n) is 2.23. The molecule has 0 aliphatic rings. The van der Waals surface area contributed by atoms with Crippen LogP contribution in [0.15, 0.2) is 35.0 Å². The lowest BCUT2D eigenvalue weighted by Gasteiger charge is -2.06. The van der Waals surface area contributed by atoms with Gasteiger partial charge in [-0.3, -0.25) is 10.1 Å². The van der Waals surface area contributed by atoms with Crippen LogP contribution >= 0.6 is 22.9 Å². The summed E-state index contributed by atoms with van der Waals surface area (Å²) < 4.78 is 0. The highest BCUT2D eigenvalue weighted by molar-refractivity contribution is 7.07. The number of hydrogen-bond donors (Lipinski definition) is 1. The molecular formula is C11H9ClN2O2S. The van der Waals surface area contributed by atoms with Crippen LogP contribution < -0.4 is 5.32 Å². The lowest BCUT2D eigenvalue weighted by molar-refractivity contribution is -0.383. The predicted octanol–water partition coefficient (Wildman–Crippen LogP) is 3.92. The Hall–Kier alpha value is -1.59.